The molecule has 4 atom stereocenters. The second-order valence-electron chi connectivity index (χ2n) is 11.4. The lowest BCUT2D eigenvalue weighted by Gasteiger charge is -2.56. The second-order valence-corrected chi connectivity index (χ2v) is 11.4. The van der Waals surface area contributed by atoms with E-state index in [2.05, 4.69) is 37.9 Å². The van der Waals surface area contributed by atoms with Crippen molar-refractivity contribution in [1.82, 2.24) is 9.80 Å². The molecule has 1 unspecified atom stereocenters. The third-order valence-corrected chi connectivity index (χ3v) is 8.42. The number of benzene rings is 3. The van der Waals surface area contributed by atoms with E-state index in [-0.39, 0.29) is 29.0 Å². The maximum atomic E-state index is 14.0. The summed E-state index contributed by atoms with van der Waals surface area (Å²) >= 11 is 0. The molecule has 190 valence electrons. The summed E-state index contributed by atoms with van der Waals surface area (Å²) in [6.07, 6.45) is 1.74. The summed E-state index contributed by atoms with van der Waals surface area (Å²) in [5.74, 6) is 0.649. The largest absolute Gasteiger partial charge is 0.508 e. The molecular formula is C31H38N2O3. The Morgan fingerprint density at radius 1 is 1.08 bits per heavy atom. The van der Waals surface area contributed by atoms with Crippen LogP contribution in [0.3, 0.4) is 0 Å². The molecule has 1 amide bonds. The second kappa shape index (κ2) is 9.87. The molecule has 1 heterocycles. The van der Waals surface area contributed by atoms with E-state index in [1.54, 1.807) is 6.07 Å². The number of hydrogen-bond acceptors (Lipinski definition) is 4. The fraction of sp³-hybridized carbons (Fsp3) is 0.452. The number of carbonyl (C=O) groups excluding carboxylic acids is 1. The Hall–Kier alpha value is -2.89. The Labute approximate surface area is 214 Å². The van der Waals surface area contributed by atoms with E-state index >= 15 is 0 Å². The number of amides is 1. The molecule has 5 nitrogen and oxygen atoms in total. The molecule has 2 fully saturated rings. The summed E-state index contributed by atoms with van der Waals surface area (Å²) in [5, 5.41) is 24.0. The molecule has 1 saturated heterocycles. The first-order valence-electron chi connectivity index (χ1n) is 13.2. The van der Waals surface area contributed by atoms with Crippen LogP contribution in [0.4, 0.5) is 0 Å². The van der Waals surface area contributed by atoms with E-state index in [4.69, 9.17) is 0 Å². The molecule has 2 N–H and O–H groups in total. The normalized spacial score (nSPS) is 26.6. The first-order chi connectivity index (χ1) is 17.3. The van der Waals surface area contributed by atoms with Crippen molar-refractivity contribution in [2.45, 2.75) is 50.7 Å². The lowest BCUT2D eigenvalue weighted by atomic mass is 9.56. The average molecular weight is 487 g/mol. The number of likely N-dealkylation sites (tertiary alicyclic amines) is 1. The molecule has 0 spiro atoms. The number of fused-ring (bicyclic) bond motifs is 2. The highest BCUT2D eigenvalue weighted by Crippen LogP contribution is 2.50. The molecule has 0 radical (unpaired) electrons. The fourth-order valence-corrected chi connectivity index (χ4v) is 6.68. The standard InChI is InChI=1S/C31H38N2O3/c1-21(2)19-33(30(36)24-12-11-22-7-4-5-8-23(22)15-24)26-17-29(35)28-20-32(3)14-13-31(28,18-26)25-9-6-10-27(34)16-25/h4-12,15-16,21,26,28-29,34-35H,13-14,17-20H2,1-3H3/t26-,28-,29?,31-/m0/s1. The summed E-state index contributed by atoms with van der Waals surface area (Å²) < 4.78 is 0. The van der Waals surface area contributed by atoms with Gasteiger partial charge in [-0.25, -0.2) is 0 Å². The number of carbonyl (C=O) groups is 1. The first-order valence-corrected chi connectivity index (χ1v) is 13.2. The molecule has 1 aliphatic heterocycles. The molecule has 3 aromatic rings. The highest BCUT2D eigenvalue weighted by atomic mass is 16.3. The van der Waals surface area contributed by atoms with Crippen molar-refractivity contribution >= 4 is 16.7 Å². The van der Waals surface area contributed by atoms with Crippen LogP contribution in [0.2, 0.25) is 0 Å². The van der Waals surface area contributed by atoms with Gasteiger partial charge in [0.05, 0.1) is 6.10 Å². The van der Waals surface area contributed by atoms with Crippen molar-refractivity contribution in [3.63, 3.8) is 0 Å². The number of aromatic hydroxyl groups is 1. The van der Waals surface area contributed by atoms with Crippen molar-refractivity contribution in [3.05, 3.63) is 77.9 Å². The van der Waals surface area contributed by atoms with Crippen LogP contribution in [0.5, 0.6) is 5.75 Å². The van der Waals surface area contributed by atoms with Crippen LogP contribution < -0.4 is 0 Å². The Morgan fingerprint density at radius 3 is 2.61 bits per heavy atom. The number of phenolic OH excluding ortho intramolecular Hbond substituents is 1. The Bertz CT molecular complexity index is 1240. The first kappa shape index (κ1) is 24.8. The van der Waals surface area contributed by atoms with Crippen LogP contribution in [0.25, 0.3) is 10.8 Å². The Morgan fingerprint density at radius 2 is 1.86 bits per heavy atom. The third kappa shape index (κ3) is 4.62. The number of nitrogens with zero attached hydrogens (tertiary/aromatic N) is 2. The van der Waals surface area contributed by atoms with E-state index in [0.717, 1.165) is 42.3 Å². The number of hydrogen-bond donors (Lipinski definition) is 2. The summed E-state index contributed by atoms with van der Waals surface area (Å²) in [6.45, 7) is 6.66. The minimum absolute atomic E-state index is 0.0316. The van der Waals surface area contributed by atoms with Gasteiger partial charge < -0.3 is 20.0 Å². The van der Waals surface area contributed by atoms with Gasteiger partial charge in [0.1, 0.15) is 5.75 Å². The summed E-state index contributed by atoms with van der Waals surface area (Å²) in [6, 6.07) is 21.5. The summed E-state index contributed by atoms with van der Waals surface area (Å²) in [7, 11) is 2.11. The lowest BCUT2D eigenvalue weighted by molar-refractivity contribution is -0.0606. The van der Waals surface area contributed by atoms with Crippen molar-refractivity contribution in [3.8, 4) is 5.75 Å². The van der Waals surface area contributed by atoms with E-state index in [0.29, 0.717) is 24.4 Å². The Kier molecular flexibility index (Phi) is 6.80. The average Bonchev–Trinajstić information content (AvgIpc) is 2.87. The monoisotopic (exact) mass is 486 g/mol. The predicted molar refractivity (Wildman–Crippen MR) is 144 cm³/mol. The van der Waals surface area contributed by atoms with Crippen molar-refractivity contribution in [2.75, 3.05) is 26.7 Å². The highest BCUT2D eigenvalue weighted by molar-refractivity contribution is 5.98. The number of piperidine rings is 1. The summed E-state index contributed by atoms with van der Waals surface area (Å²) in [5.41, 5.74) is 1.49. The molecule has 1 saturated carbocycles. The molecule has 5 rings (SSSR count). The summed E-state index contributed by atoms with van der Waals surface area (Å²) in [4.78, 5) is 18.4. The molecule has 36 heavy (non-hydrogen) atoms. The van der Waals surface area contributed by atoms with Crippen molar-refractivity contribution in [1.29, 1.82) is 0 Å². The fourth-order valence-electron chi connectivity index (χ4n) is 6.68. The van der Waals surface area contributed by atoms with Gasteiger partial charge in [0.15, 0.2) is 0 Å². The number of aliphatic hydroxyl groups excluding tert-OH is 1. The zero-order chi connectivity index (χ0) is 25.4. The van der Waals surface area contributed by atoms with Gasteiger partial charge in [-0.05, 0) is 79.4 Å². The van der Waals surface area contributed by atoms with Gasteiger partial charge in [-0.1, -0.05) is 56.3 Å². The van der Waals surface area contributed by atoms with Gasteiger partial charge in [0.2, 0.25) is 0 Å². The minimum Gasteiger partial charge on any atom is -0.508 e. The minimum atomic E-state index is -0.520. The van der Waals surface area contributed by atoms with E-state index in [1.165, 1.54) is 0 Å². The van der Waals surface area contributed by atoms with Crippen LogP contribution in [0.15, 0.2) is 66.7 Å². The van der Waals surface area contributed by atoms with Crippen LogP contribution in [0, 0.1) is 11.8 Å². The van der Waals surface area contributed by atoms with Gasteiger partial charge in [-0.3, -0.25) is 4.79 Å². The molecule has 3 aromatic carbocycles. The molecule has 2 aliphatic rings. The van der Waals surface area contributed by atoms with Gasteiger partial charge >= 0.3 is 0 Å². The predicted octanol–water partition coefficient (Wildman–Crippen LogP) is 5.06. The molecule has 5 heteroatoms. The van der Waals surface area contributed by atoms with Crippen molar-refractivity contribution in [2.24, 2.45) is 11.8 Å². The van der Waals surface area contributed by atoms with Gasteiger partial charge in [-0.15, -0.1) is 0 Å². The quantitative estimate of drug-likeness (QED) is 0.529. The van der Waals surface area contributed by atoms with E-state index < -0.39 is 6.10 Å². The Balaban J connectivity index is 1.53. The molecule has 0 aromatic heterocycles. The van der Waals surface area contributed by atoms with Crippen LogP contribution >= 0.6 is 0 Å². The molecule has 1 aliphatic carbocycles. The topological polar surface area (TPSA) is 64.0 Å². The van der Waals surface area contributed by atoms with E-state index in [1.807, 2.05) is 53.4 Å². The van der Waals surface area contributed by atoms with Crippen LogP contribution in [0.1, 0.15) is 49.0 Å². The van der Waals surface area contributed by atoms with Crippen LogP contribution in [-0.2, 0) is 5.41 Å². The smallest absolute Gasteiger partial charge is 0.254 e. The third-order valence-electron chi connectivity index (χ3n) is 8.42. The highest BCUT2D eigenvalue weighted by Gasteiger charge is 2.53. The zero-order valence-electron chi connectivity index (χ0n) is 21.6. The molecular weight excluding hydrogens is 448 g/mol. The maximum absolute atomic E-state index is 14.0. The number of rotatable bonds is 5. The molecule has 0 bridgehead atoms. The lowest BCUT2D eigenvalue weighted by Crippen LogP contribution is -2.61. The SMILES string of the molecule is CC(C)CN(C(=O)c1ccc2ccccc2c1)[C@H]1CC(O)[C@@H]2CN(C)CC[C@@]2(c2cccc(O)c2)C1. The van der Waals surface area contributed by atoms with Crippen molar-refractivity contribution < 1.29 is 15.0 Å². The van der Waals surface area contributed by atoms with Gasteiger partial charge in [0.25, 0.3) is 5.91 Å². The van der Waals surface area contributed by atoms with Gasteiger partial charge in [-0.2, -0.15) is 0 Å². The van der Waals surface area contributed by atoms with E-state index in [9.17, 15) is 15.0 Å². The van der Waals surface area contributed by atoms with Crippen LogP contribution in [-0.4, -0.2) is 64.7 Å². The maximum Gasteiger partial charge on any atom is 0.254 e. The number of aliphatic hydroxyl groups is 1. The zero-order valence-corrected chi connectivity index (χ0v) is 21.6. The number of phenols is 1. The van der Waals surface area contributed by atoms with Gasteiger partial charge in [0, 0.05) is 36.0 Å².